The van der Waals surface area contributed by atoms with Crippen LogP contribution in [0, 0.1) is 5.92 Å². The van der Waals surface area contributed by atoms with Crippen LogP contribution in [0.15, 0.2) is 24.8 Å². The summed E-state index contributed by atoms with van der Waals surface area (Å²) >= 11 is 0. The molecule has 0 aliphatic carbocycles. The number of aromatic amines is 1. The molecule has 0 aliphatic heterocycles. The van der Waals surface area contributed by atoms with E-state index in [2.05, 4.69) is 27.2 Å². The van der Waals surface area contributed by atoms with Gasteiger partial charge in [-0.2, -0.15) is 0 Å². The molecule has 0 aromatic carbocycles. The van der Waals surface area contributed by atoms with Crippen LogP contribution < -0.4 is 16.4 Å². The molecule has 0 radical (unpaired) electrons. The maximum absolute atomic E-state index is 12.4. The van der Waals surface area contributed by atoms with E-state index in [9.17, 15) is 24.3 Å². The van der Waals surface area contributed by atoms with Crippen molar-refractivity contribution in [3.63, 3.8) is 0 Å². The van der Waals surface area contributed by atoms with Gasteiger partial charge in [-0.3, -0.25) is 19.2 Å². The van der Waals surface area contributed by atoms with Gasteiger partial charge < -0.3 is 41.0 Å². The summed E-state index contributed by atoms with van der Waals surface area (Å²) in [5.41, 5.74) is 7.43. The van der Waals surface area contributed by atoms with Crippen molar-refractivity contribution in [1.82, 2.24) is 20.6 Å². The molecule has 0 saturated carbocycles. The number of carbonyl (C=O) groups is 4. The van der Waals surface area contributed by atoms with Crippen LogP contribution in [0.25, 0.3) is 0 Å². The molecule has 7 N–H and O–H groups in total. The van der Waals surface area contributed by atoms with Gasteiger partial charge in [0.05, 0.1) is 44.7 Å². The average Bonchev–Trinajstić information content (AvgIpc) is 3.64. The van der Waals surface area contributed by atoms with Crippen LogP contribution in [-0.4, -0.2) is 89.4 Å². The SMILES string of the molecule is C=C(COCCOCCNC(=O)CCCCCCCCCCCCCCCCCCC(=O)O)NCCCC[C@H](CC(=O)[C@@H](N)Cc1cnc[nH]1)C(=O)O. The highest BCUT2D eigenvalue weighted by Crippen LogP contribution is 2.16. The lowest BCUT2D eigenvalue weighted by atomic mass is 9.92. The number of imidazole rings is 1. The van der Waals surface area contributed by atoms with Gasteiger partial charge in [0.25, 0.3) is 0 Å². The molecule has 1 aromatic rings. The third kappa shape index (κ3) is 29.8. The Morgan fingerprint density at radius 1 is 0.736 bits per heavy atom. The lowest BCUT2D eigenvalue weighted by Gasteiger charge is -2.15. The minimum atomic E-state index is -0.985. The smallest absolute Gasteiger partial charge is 0.306 e. The van der Waals surface area contributed by atoms with E-state index in [0.29, 0.717) is 71.6 Å². The van der Waals surface area contributed by atoms with Crippen molar-refractivity contribution in [1.29, 1.82) is 0 Å². The fourth-order valence-corrected chi connectivity index (χ4v) is 6.09. The number of rotatable bonds is 39. The fourth-order valence-electron chi connectivity index (χ4n) is 6.09. The monoisotopic (exact) mass is 750 g/mol. The Morgan fingerprint density at radius 3 is 1.85 bits per heavy atom. The van der Waals surface area contributed by atoms with Crippen LogP contribution in [0.5, 0.6) is 0 Å². The normalized spacial score (nSPS) is 12.3. The molecule has 53 heavy (non-hydrogen) atoms. The highest BCUT2D eigenvalue weighted by molar-refractivity contribution is 5.87. The average molecular weight is 750 g/mol. The van der Waals surface area contributed by atoms with Crippen molar-refractivity contribution in [2.24, 2.45) is 11.7 Å². The topological polar surface area (TPSA) is 206 Å². The Morgan fingerprint density at radius 2 is 1.30 bits per heavy atom. The van der Waals surface area contributed by atoms with Gasteiger partial charge in [0, 0.05) is 56.4 Å². The van der Waals surface area contributed by atoms with E-state index in [0.717, 1.165) is 49.9 Å². The summed E-state index contributed by atoms with van der Waals surface area (Å²) in [7, 11) is 0. The highest BCUT2D eigenvalue weighted by Gasteiger charge is 2.24. The van der Waals surface area contributed by atoms with Crippen molar-refractivity contribution in [3.05, 3.63) is 30.5 Å². The molecule has 0 saturated heterocycles. The van der Waals surface area contributed by atoms with E-state index >= 15 is 0 Å². The van der Waals surface area contributed by atoms with E-state index in [4.69, 9.17) is 20.3 Å². The lowest BCUT2D eigenvalue weighted by Crippen LogP contribution is -2.35. The second-order valence-corrected chi connectivity index (χ2v) is 14.2. The van der Waals surface area contributed by atoms with Crippen LogP contribution in [0.1, 0.15) is 147 Å². The van der Waals surface area contributed by atoms with Crippen molar-refractivity contribution < 1.29 is 38.9 Å². The number of hydrogen-bond acceptors (Lipinski definition) is 9. The second-order valence-electron chi connectivity index (χ2n) is 14.2. The standard InChI is InChI=1S/C40H71N5O8/c1-33(43-23-19-18-20-34(40(50)51)28-37(46)36(41)29-35-30-42-32-45-35)31-53-27-26-52-25-24-44-38(47)21-16-14-12-10-8-6-4-2-3-5-7-9-11-13-15-17-22-39(48)49/h30,32,34,36,43H,1-29,31,41H2,(H,42,45)(H,44,47)(H,48,49)(H,50,51)/t34-,36+/m1/s1. The molecular formula is C40H71N5O8. The molecule has 1 heterocycles. The molecule has 1 aromatic heterocycles. The molecule has 13 heteroatoms. The first-order chi connectivity index (χ1) is 25.7. The predicted octanol–water partition coefficient (Wildman–Crippen LogP) is 6.47. The first kappa shape index (κ1) is 47.7. The van der Waals surface area contributed by atoms with E-state index < -0.39 is 23.9 Å². The zero-order chi connectivity index (χ0) is 38.8. The van der Waals surface area contributed by atoms with Gasteiger partial charge in [0.1, 0.15) is 0 Å². The number of ether oxygens (including phenoxy) is 2. The Bertz CT molecular complexity index is 1100. The Kier molecular flexibility index (Phi) is 30.0. The summed E-state index contributed by atoms with van der Waals surface area (Å²) < 4.78 is 11.1. The van der Waals surface area contributed by atoms with Crippen LogP contribution in [0.2, 0.25) is 0 Å². The molecule has 304 valence electrons. The quantitative estimate of drug-likeness (QED) is 0.0402. The van der Waals surface area contributed by atoms with Gasteiger partial charge in [0.2, 0.25) is 5.91 Å². The zero-order valence-electron chi connectivity index (χ0n) is 32.4. The minimum Gasteiger partial charge on any atom is -0.481 e. The maximum Gasteiger partial charge on any atom is 0.306 e. The second kappa shape index (κ2) is 33.3. The molecule has 0 fully saturated rings. The Balaban J connectivity index is 1.84. The van der Waals surface area contributed by atoms with Gasteiger partial charge in [-0.05, 0) is 25.7 Å². The molecule has 1 rings (SSSR count). The molecular weight excluding hydrogens is 678 g/mol. The van der Waals surface area contributed by atoms with Crippen LogP contribution in [0.3, 0.4) is 0 Å². The van der Waals surface area contributed by atoms with E-state index in [-0.39, 0.29) is 18.1 Å². The van der Waals surface area contributed by atoms with Crippen LogP contribution in [-0.2, 0) is 35.1 Å². The summed E-state index contributed by atoms with van der Waals surface area (Å²) in [4.78, 5) is 53.5. The Labute approximate surface area is 318 Å². The molecule has 13 nitrogen and oxygen atoms in total. The number of nitrogens with two attached hydrogens (primary N) is 1. The first-order valence-electron chi connectivity index (χ1n) is 20.2. The summed E-state index contributed by atoms with van der Waals surface area (Å²) in [5.74, 6) is -2.62. The van der Waals surface area contributed by atoms with Gasteiger partial charge in [-0.25, -0.2) is 4.98 Å². The van der Waals surface area contributed by atoms with Gasteiger partial charge >= 0.3 is 11.9 Å². The summed E-state index contributed by atoms with van der Waals surface area (Å²) in [6.45, 7) is 6.66. The van der Waals surface area contributed by atoms with Gasteiger partial charge in [0.15, 0.2) is 5.78 Å². The summed E-state index contributed by atoms with van der Waals surface area (Å²) in [6.07, 6.45) is 25.1. The number of carboxylic acids is 2. The summed E-state index contributed by atoms with van der Waals surface area (Å²) in [6, 6.07) is -0.760. The van der Waals surface area contributed by atoms with Crippen LogP contribution in [0.4, 0.5) is 0 Å². The molecule has 1 amide bonds. The number of H-pyrrole nitrogens is 1. The number of aromatic nitrogens is 2. The molecule has 0 bridgehead atoms. The van der Waals surface area contributed by atoms with Gasteiger partial charge in [-0.15, -0.1) is 0 Å². The number of amides is 1. The van der Waals surface area contributed by atoms with Crippen molar-refractivity contribution >= 4 is 23.6 Å². The lowest BCUT2D eigenvalue weighted by molar-refractivity contribution is -0.144. The number of Topliss-reactive ketones (excluding diaryl/α,β-unsaturated/α-hetero) is 1. The Hall–Kier alpha value is -3.29. The fraction of sp³-hybridized carbons (Fsp3) is 0.775. The number of aliphatic carboxylic acids is 2. The van der Waals surface area contributed by atoms with Crippen molar-refractivity contribution in [2.75, 3.05) is 39.5 Å². The van der Waals surface area contributed by atoms with E-state index in [1.165, 1.54) is 77.0 Å². The zero-order valence-corrected chi connectivity index (χ0v) is 32.4. The maximum atomic E-state index is 12.4. The number of nitrogens with one attached hydrogen (secondary N) is 3. The number of ketones is 1. The number of carboxylic acid groups (broad SMARTS) is 2. The summed E-state index contributed by atoms with van der Waals surface area (Å²) in [5, 5.41) is 24.3. The van der Waals surface area contributed by atoms with Crippen molar-refractivity contribution in [2.45, 2.75) is 154 Å². The van der Waals surface area contributed by atoms with E-state index in [1.807, 2.05) is 0 Å². The number of nitrogens with zero attached hydrogens (tertiary/aromatic N) is 1. The third-order valence-corrected chi connectivity index (χ3v) is 9.32. The minimum absolute atomic E-state index is 0.0721. The molecule has 0 aliphatic rings. The van der Waals surface area contributed by atoms with Crippen molar-refractivity contribution in [3.8, 4) is 0 Å². The molecule has 0 unspecified atom stereocenters. The number of hydrogen-bond donors (Lipinski definition) is 6. The first-order valence-corrected chi connectivity index (χ1v) is 20.2. The number of unbranched alkanes of at least 4 members (excludes halogenated alkanes) is 16. The largest absolute Gasteiger partial charge is 0.481 e. The predicted molar refractivity (Wildman–Crippen MR) is 207 cm³/mol. The molecule has 2 atom stereocenters. The third-order valence-electron chi connectivity index (χ3n) is 9.32. The van der Waals surface area contributed by atoms with Gasteiger partial charge in [-0.1, -0.05) is 103 Å². The number of carbonyl (C=O) groups excluding carboxylic acids is 2. The van der Waals surface area contributed by atoms with E-state index in [1.54, 1.807) is 6.20 Å². The highest BCUT2D eigenvalue weighted by atomic mass is 16.5. The van der Waals surface area contributed by atoms with Crippen LogP contribution >= 0.6 is 0 Å². The molecule has 0 spiro atoms.